The second kappa shape index (κ2) is 6.11. The van der Waals surface area contributed by atoms with Crippen LogP contribution < -0.4 is 5.14 Å². The van der Waals surface area contributed by atoms with Crippen LogP contribution >= 0.6 is 0 Å². The molecule has 1 aromatic carbocycles. The summed E-state index contributed by atoms with van der Waals surface area (Å²) in [6, 6.07) is 6.11. The Kier molecular flexibility index (Phi) is 4.19. The molecular formula is C13H17N5O3S. The van der Waals surface area contributed by atoms with Gasteiger partial charge >= 0.3 is 0 Å². The first-order valence-electron chi connectivity index (χ1n) is 7.01. The van der Waals surface area contributed by atoms with Crippen molar-refractivity contribution in [2.75, 3.05) is 13.2 Å². The van der Waals surface area contributed by atoms with Crippen LogP contribution in [0.4, 0.5) is 0 Å². The predicted molar refractivity (Wildman–Crippen MR) is 78.2 cm³/mol. The average Bonchev–Trinajstić information content (AvgIpc) is 2.96. The zero-order valence-corrected chi connectivity index (χ0v) is 12.7. The molecule has 2 aromatic rings. The normalized spacial score (nSPS) is 16.8. The van der Waals surface area contributed by atoms with Gasteiger partial charge in [-0.1, -0.05) is 0 Å². The van der Waals surface area contributed by atoms with Crippen molar-refractivity contribution in [3.8, 4) is 11.4 Å². The topological polar surface area (TPSA) is 113 Å². The van der Waals surface area contributed by atoms with Gasteiger partial charge in [-0.15, -0.1) is 10.2 Å². The lowest BCUT2D eigenvalue weighted by Crippen LogP contribution is -2.21. The number of hydrogen-bond acceptors (Lipinski definition) is 6. The highest BCUT2D eigenvalue weighted by atomic mass is 32.2. The Hall–Kier alpha value is -1.84. The molecule has 1 aromatic heterocycles. The maximum atomic E-state index is 11.2. The summed E-state index contributed by atoms with van der Waals surface area (Å²) in [7, 11) is -3.69. The summed E-state index contributed by atoms with van der Waals surface area (Å²) >= 11 is 0. The third-order valence-electron chi connectivity index (χ3n) is 3.66. The summed E-state index contributed by atoms with van der Waals surface area (Å²) in [4.78, 5) is 1.64. The Bertz CT molecular complexity index is 735. The van der Waals surface area contributed by atoms with Gasteiger partial charge in [-0.25, -0.2) is 13.6 Å². The van der Waals surface area contributed by atoms with Gasteiger partial charge in [0, 0.05) is 18.8 Å². The molecule has 0 radical (unpaired) electrons. The van der Waals surface area contributed by atoms with E-state index in [2.05, 4.69) is 15.4 Å². The van der Waals surface area contributed by atoms with Gasteiger partial charge < -0.3 is 4.74 Å². The maximum absolute atomic E-state index is 11.2. The van der Waals surface area contributed by atoms with Crippen LogP contribution in [-0.4, -0.2) is 41.8 Å². The first kappa shape index (κ1) is 15.1. The highest BCUT2D eigenvalue weighted by molar-refractivity contribution is 7.89. The van der Waals surface area contributed by atoms with Crippen molar-refractivity contribution in [3.63, 3.8) is 0 Å². The van der Waals surface area contributed by atoms with Crippen LogP contribution in [0.15, 0.2) is 29.2 Å². The number of nitrogens with two attached hydrogens (primary N) is 1. The van der Waals surface area contributed by atoms with E-state index in [0.29, 0.717) is 23.9 Å². The fourth-order valence-corrected chi connectivity index (χ4v) is 2.91. The fraction of sp³-hybridized carbons (Fsp3) is 0.462. The van der Waals surface area contributed by atoms with E-state index in [4.69, 9.17) is 9.88 Å². The van der Waals surface area contributed by atoms with E-state index < -0.39 is 10.0 Å². The van der Waals surface area contributed by atoms with Gasteiger partial charge in [-0.05, 0) is 48.2 Å². The summed E-state index contributed by atoms with van der Waals surface area (Å²) < 4.78 is 27.8. The van der Waals surface area contributed by atoms with Crippen molar-refractivity contribution in [2.24, 2.45) is 11.1 Å². The molecule has 0 amide bonds. The molecule has 0 bridgehead atoms. The van der Waals surface area contributed by atoms with E-state index in [9.17, 15) is 8.42 Å². The lowest BCUT2D eigenvalue weighted by Gasteiger charge is -2.20. The molecule has 22 heavy (non-hydrogen) atoms. The molecule has 0 atom stereocenters. The SMILES string of the molecule is NS(=O)(=O)c1ccc(-c2nnn(CC3CCOCC3)n2)cc1. The molecule has 0 aliphatic carbocycles. The summed E-state index contributed by atoms with van der Waals surface area (Å²) in [5, 5.41) is 17.5. The Morgan fingerprint density at radius 3 is 2.55 bits per heavy atom. The largest absolute Gasteiger partial charge is 0.381 e. The Morgan fingerprint density at radius 2 is 1.91 bits per heavy atom. The van der Waals surface area contributed by atoms with Gasteiger partial charge in [-0.3, -0.25) is 0 Å². The highest BCUT2D eigenvalue weighted by Gasteiger charge is 2.16. The molecule has 8 nitrogen and oxygen atoms in total. The third kappa shape index (κ3) is 3.49. The van der Waals surface area contributed by atoms with Gasteiger partial charge in [0.15, 0.2) is 0 Å². The van der Waals surface area contributed by atoms with Crippen molar-refractivity contribution in [2.45, 2.75) is 24.3 Å². The van der Waals surface area contributed by atoms with E-state index in [-0.39, 0.29) is 4.90 Å². The van der Waals surface area contributed by atoms with Crippen molar-refractivity contribution < 1.29 is 13.2 Å². The Morgan fingerprint density at radius 1 is 1.23 bits per heavy atom. The molecule has 118 valence electrons. The van der Waals surface area contributed by atoms with Gasteiger partial charge in [0.1, 0.15) is 0 Å². The number of tetrazole rings is 1. The maximum Gasteiger partial charge on any atom is 0.238 e. The number of aromatic nitrogens is 4. The molecule has 0 unspecified atom stereocenters. The standard InChI is InChI=1S/C13H17N5O3S/c14-22(19,20)12-3-1-11(2-4-12)13-15-17-18(16-13)9-10-5-7-21-8-6-10/h1-4,10H,5-9H2,(H2,14,19,20). The molecular weight excluding hydrogens is 306 g/mol. The summed E-state index contributed by atoms with van der Waals surface area (Å²) in [6.45, 7) is 2.27. The van der Waals surface area contributed by atoms with Crippen LogP contribution in [0.25, 0.3) is 11.4 Å². The van der Waals surface area contributed by atoms with Crippen LogP contribution in [0, 0.1) is 5.92 Å². The second-order valence-corrected chi connectivity index (χ2v) is 6.85. The third-order valence-corrected chi connectivity index (χ3v) is 4.59. The minimum Gasteiger partial charge on any atom is -0.381 e. The van der Waals surface area contributed by atoms with Crippen LogP contribution in [0.5, 0.6) is 0 Å². The Labute approximate surface area is 128 Å². The minimum atomic E-state index is -3.69. The molecule has 1 saturated heterocycles. The van der Waals surface area contributed by atoms with Crippen LogP contribution in [0.1, 0.15) is 12.8 Å². The first-order valence-corrected chi connectivity index (χ1v) is 8.56. The Balaban J connectivity index is 1.73. The van der Waals surface area contributed by atoms with E-state index in [1.54, 1.807) is 16.9 Å². The summed E-state index contributed by atoms with van der Waals surface area (Å²) in [5.74, 6) is 0.966. The summed E-state index contributed by atoms with van der Waals surface area (Å²) in [6.07, 6.45) is 2.00. The van der Waals surface area contributed by atoms with Crippen molar-refractivity contribution >= 4 is 10.0 Å². The molecule has 1 aliphatic rings. The van der Waals surface area contributed by atoms with E-state index in [1.807, 2.05) is 0 Å². The number of benzene rings is 1. The second-order valence-electron chi connectivity index (χ2n) is 5.29. The molecule has 3 rings (SSSR count). The number of sulfonamides is 1. The van der Waals surface area contributed by atoms with Crippen LogP contribution in [-0.2, 0) is 21.3 Å². The highest BCUT2D eigenvalue weighted by Crippen LogP contribution is 2.18. The number of ether oxygens (including phenoxy) is 1. The molecule has 0 spiro atoms. The predicted octanol–water partition coefficient (Wildman–Crippen LogP) is 0.414. The minimum absolute atomic E-state index is 0.0610. The smallest absolute Gasteiger partial charge is 0.238 e. The van der Waals surface area contributed by atoms with E-state index in [0.717, 1.165) is 26.1 Å². The molecule has 2 heterocycles. The first-order chi connectivity index (χ1) is 10.5. The molecule has 1 aliphatic heterocycles. The van der Waals surface area contributed by atoms with Gasteiger partial charge in [0.05, 0.1) is 11.4 Å². The van der Waals surface area contributed by atoms with Gasteiger partial charge in [0.25, 0.3) is 0 Å². The van der Waals surface area contributed by atoms with Crippen LogP contribution in [0.2, 0.25) is 0 Å². The quantitative estimate of drug-likeness (QED) is 0.872. The number of rotatable bonds is 4. The number of hydrogen-bond donors (Lipinski definition) is 1. The lowest BCUT2D eigenvalue weighted by molar-refractivity contribution is 0.0586. The molecule has 2 N–H and O–H groups in total. The monoisotopic (exact) mass is 323 g/mol. The van der Waals surface area contributed by atoms with Crippen molar-refractivity contribution in [3.05, 3.63) is 24.3 Å². The molecule has 9 heteroatoms. The van der Waals surface area contributed by atoms with Crippen LogP contribution in [0.3, 0.4) is 0 Å². The fourth-order valence-electron chi connectivity index (χ4n) is 2.39. The van der Waals surface area contributed by atoms with Crippen molar-refractivity contribution in [1.82, 2.24) is 20.2 Å². The average molecular weight is 323 g/mol. The summed E-state index contributed by atoms with van der Waals surface area (Å²) in [5.41, 5.74) is 0.700. The van der Waals surface area contributed by atoms with Crippen molar-refractivity contribution in [1.29, 1.82) is 0 Å². The van der Waals surface area contributed by atoms with Gasteiger partial charge in [-0.2, -0.15) is 4.80 Å². The number of nitrogens with zero attached hydrogens (tertiary/aromatic N) is 4. The molecule has 1 fully saturated rings. The van der Waals surface area contributed by atoms with E-state index in [1.165, 1.54) is 12.1 Å². The lowest BCUT2D eigenvalue weighted by atomic mass is 10.0. The molecule has 0 saturated carbocycles. The van der Waals surface area contributed by atoms with E-state index >= 15 is 0 Å². The zero-order chi connectivity index (χ0) is 15.6. The zero-order valence-electron chi connectivity index (χ0n) is 11.9. The number of primary sulfonamides is 1. The van der Waals surface area contributed by atoms with Gasteiger partial charge in [0.2, 0.25) is 15.8 Å².